The molecule has 0 bridgehead atoms. The fourth-order valence-electron chi connectivity index (χ4n) is 2.76. The van der Waals surface area contributed by atoms with Crippen LogP contribution in [0.3, 0.4) is 0 Å². The molecular formula is C19H21N3O3S. The number of nitriles is 1. The maximum atomic E-state index is 12.5. The Kier molecular flexibility index (Phi) is 6.21. The standard InChI is InChI=1S/C19H21N3O3S/c1-2-3-18-21-16(12-26-18)19(23)22-15-8-9-24-11-17(15)25-14-6-4-13(10-20)5-7-14/h4-7,12,15,17H,2-3,8-9,11H2,1H3,(H,22,23)/t15-,17-/m1/s1. The van der Waals surface area contributed by atoms with Gasteiger partial charge in [-0.3, -0.25) is 4.79 Å². The first-order valence-corrected chi connectivity index (χ1v) is 9.57. The lowest BCUT2D eigenvalue weighted by atomic mass is 10.1. The van der Waals surface area contributed by atoms with Crippen molar-refractivity contribution in [2.75, 3.05) is 13.2 Å². The fourth-order valence-corrected chi connectivity index (χ4v) is 3.64. The smallest absolute Gasteiger partial charge is 0.271 e. The lowest BCUT2D eigenvalue weighted by Crippen LogP contribution is -2.51. The van der Waals surface area contributed by atoms with E-state index in [0.717, 1.165) is 17.8 Å². The minimum atomic E-state index is -0.283. The van der Waals surface area contributed by atoms with Gasteiger partial charge >= 0.3 is 0 Å². The summed E-state index contributed by atoms with van der Waals surface area (Å²) in [5.74, 6) is 0.474. The summed E-state index contributed by atoms with van der Waals surface area (Å²) in [5.41, 5.74) is 1.04. The van der Waals surface area contributed by atoms with E-state index in [-0.39, 0.29) is 18.1 Å². The lowest BCUT2D eigenvalue weighted by Gasteiger charge is -2.32. The van der Waals surface area contributed by atoms with E-state index in [1.165, 1.54) is 11.3 Å². The van der Waals surface area contributed by atoms with Gasteiger partial charge < -0.3 is 14.8 Å². The van der Waals surface area contributed by atoms with Gasteiger partial charge in [0.15, 0.2) is 0 Å². The third-order valence-electron chi connectivity index (χ3n) is 4.14. The van der Waals surface area contributed by atoms with E-state index < -0.39 is 0 Å². The van der Waals surface area contributed by atoms with Crippen molar-refractivity contribution in [1.29, 1.82) is 5.26 Å². The molecule has 0 radical (unpaired) electrons. The van der Waals surface area contributed by atoms with E-state index in [0.29, 0.717) is 36.6 Å². The summed E-state index contributed by atoms with van der Waals surface area (Å²) in [7, 11) is 0. The molecule has 0 unspecified atom stereocenters. The third-order valence-corrected chi connectivity index (χ3v) is 5.05. The van der Waals surface area contributed by atoms with Gasteiger partial charge in [0.25, 0.3) is 5.91 Å². The first kappa shape index (κ1) is 18.4. The molecule has 0 aliphatic carbocycles. The quantitative estimate of drug-likeness (QED) is 0.844. The molecular weight excluding hydrogens is 350 g/mol. The number of amides is 1. The third kappa shape index (κ3) is 4.59. The van der Waals surface area contributed by atoms with Gasteiger partial charge in [-0.25, -0.2) is 4.98 Å². The van der Waals surface area contributed by atoms with E-state index in [2.05, 4.69) is 23.3 Å². The SMILES string of the molecule is CCCc1nc(C(=O)N[C@@H]2CCOC[C@H]2Oc2ccc(C#N)cc2)cs1. The zero-order chi connectivity index (χ0) is 18.4. The highest BCUT2D eigenvalue weighted by atomic mass is 32.1. The number of aryl methyl sites for hydroxylation is 1. The average molecular weight is 371 g/mol. The van der Waals surface area contributed by atoms with Crippen LogP contribution in [-0.2, 0) is 11.2 Å². The number of hydrogen-bond acceptors (Lipinski definition) is 6. The topological polar surface area (TPSA) is 84.2 Å². The van der Waals surface area contributed by atoms with Crippen LogP contribution in [0.4, 0.5) is 0 Å². The molecule has 7 heteroatoms. The number of carbonyl (C=O) groups is 1. The summed E-state index contributed by atoms with van der Waals surface area (Å²) in [6.07, 6.45) is 2.29. The van der Waals surface area contributed by atoms with Gasteiger partial charge in [-0.1, -0.05) is 6.92 Å². The second-order valence-electron chi connectivity index (χ2n) is 6.11. The van der Waals surface area contributed by atoms with Crippen molar-refractivity contribution in [2.45, 2.75) is 38.3 Å². The molecule has 136 valence electrons. The number of aromatic nitrogens is 1. The van der Waals surface area contributed by atoms with Gasteiger partial charge in [0.2, 0.25) is 0 Å². The number of benzene rings is 1. The maximum Gasteiger partial charge on any atom is 0.271 e. The summed E-state index contributed by atoms with van der Waals surface area (Å²) in [6.45, 7) is 3.08. The average Bonchev–Trinajstić information content (AvgIpc) is 3.13. The lowest BCUT2D eigenvalue weighted by molar-refractivity contribution is -0.0135. The number of nitrogens with one attached hydrogen (secondary N) is 1. The highest BCUT2D eigenvalue weighted by molar-refractivity contribution is 7.09. The Hall–Kier alpha value is -2.43. The van der Waals surface area contributed by atoms with Gasteiger partial charge in [-0.2, -0.15) is 5.26 Å². The van der Waals surface area contributed by atoms with E-state index >= 15 is 0 Å². The molecule has 2 aromatic rings. The van der Waals surface area contributed by atoms with Crippen LogP contribution in [0.5, 0.6) is 5.75 Å². The van der Waals surface area contributed by atoms with E-state index in [1.807, 2.05) is 0 Å². The number of rotatable bonds is 6. The van der Waals surface area contributed by atoms with Crippen molar-refractivity contribution >= 4 is 17.2 Å². The molecule has 1 aromatic carbocycles. The van der Waals surface area contributed by atoms with Gasteiger partial charge in [0.05, 0.1) is 29.3 Å². The molecule has 1 amide bonds. The van der Waals surface area contributed by atoms with Gasteiger partial charge in [0.1, 0.15) is 17.5 Å². The van der Waals surface area contributed by atoms with Crippen LogP contribution in [0.1, 0.15) is 40.8 Å². The van der Waals surface area contributed by atoms with Crippen molar-refractivity contribution in [2.24, 2.45) is 0 Å². The van der Waals surface area contributed by atoms with Crippen LogP contribution in [0, 0.1) is 11.3 Å². The van der Waals surface area contributed by atoms with Crippen LogP contribution < -0.4 is 10.1 Å². The highest BCUT2D eigenvalue weighted by Gasteiger charge is 2.29. The first-order valence-electron chi connectivity index (χ1n) is 8.69. The normalized spacial score (nSPS) is 19.5. The molecule has 2 atom stereocenters. The Balaban J connectivity index is 1.64. The van der Waals surface area contributed by atoms with Crippen molar-refractivity contribution in [1.82, 2.24) is 10.3 Å². The summed E-state index contributed by atoms with van der Waals surface area (Å²) >= 11 is 1.52. The maximum absolute atomic E-state index is 12.5. The monoisotopic (exact) mass is 371 g/mol. The predicted octanol–water partition coefficient (Wildman–Crippen LogP) is 2.93. The largest absolute Gasteiger partial charge is 0.486 e. The molecule has 3 rings (SSSR count). The zero-order valence-corrected chi connectivity index (χ0v) is 15.4. The molecule has 1 aliphatic rings. The summed E-state index contributed by atoms with van der Waals surface area (Å²) in [6, 6.07) is 8.85. The fraction of sp³-hybridized carbons (Fsp3) is 0.421. The van der Waals surface area contributed by atoms with Crippen LogP contribution in [0.2, 0.25) is 0 Å². The Bertz CT molecular complexity index is 782. The number of hydrogen-bond donors (Lipinski definition) is 1. The molecule has 1 saturated heterocycles. The van der Waals surface area contributed by atoms with Crippen molar-refractivity contribution in [3.63, 3.8) is 0 Å². The van der Waals surface area contributed by atoms with Crippen LogP contribution in [0.25, 0.3) is 0 Å². The van der Waals surface area contributed by atoms with Gasteiger partial charge in [0, 0.05) is 12.0 Å². The number of ether oxygens (including phenoxy) is 2. The Labute approximate surface area is 156 Å². The first-order chi connectivity index (χ1) is 12.7. The molecule has 1 aromatic heterocycles. The van der Waals surface area contributed by atoms with Crippen molar-refractivity contribution in [3.8, 4) is 11.8 Å². The van der Waals surface area contributed by atoms with Crippen LogP contribution in [-0.4, -0.2) is 36.3 Å². The van der Waals surface area contributed by atoms with Crippen LogP contribution >= 0.6 is 11.3 Å². The predicted molar refractivity (Wildman–Crippen MR) is 98.4 cm³/mol. The minimum Gasteiger partial charge on any atom is -0.486 e. The summed E-state index contributed by atoms with van der Waals surface area (Å²) in [4.78, 5) is 16.9. The van der Waals surface area contributed by atoms with Crippen LogP contribution in [0.15, 0.2) is 29.6 Å². The van der Waals surface area contributed by atoms with Gasteiger partial charge in [-0.15, -0.1) is 11.3 Å². The second-order valence-corrected chi connectivity index (χ2v) is 7.06. The molecule has 6 nitrogen and oxygen atoms in total. The summed E-state index contributed by atoms with van der Waals surface area (Å²) in [5, 5.41) is 14.7. The molecule has 1 N–H and O–H groups in total. The zero-order valence-electron chi connectivity index (χ0n) is 14.6. The summed E-state index contributed by atoms with van der Waals surface area (Å²) < 4.78 is 11.5. The Morgan fingerprint density at radius 3 is 3.00 bits per heavy atom. The van der Waals surface area contributed by atoms with Crippen molar-refractivity contribution < 1.29 is 14.3 Å². The van der Waals surface area contributed by atoms with Gasteiger partial charge in [-0.05, 0) is 43.5 Å². The number of thiazole rings is 1. The Morgan fingerprint density at radius 2 is 2.27 bits per heavy atom. The van der Waals surface area contributed by atoms with E-state index in [4.69, 9.17) is 14.7 Å². The molecule has 1 fully saturated rings. The second kappa shape index (κ2) is 8.79. The Morgan fingerprint density at radius 1 is 1.46 bits per heavy atom. The number of carbonyl (C=O) groups excluding carboxylic acids is 1. The van der Waals surface area contributed by atoms with Crippen molar-refractivity contribution in [3.05, 3.63) is 45.9 Å². The molecule has 26 heavy (non-hydrogen) atoms. The highest BCUT2D eigenvalue weighted by Crippen LogP contribution is 2.19. The molecule has 0 spiro atoms. The molecule has 1 aliphatic heterocycles. The van der Waals surface area contributed by atoms with E-state index in [1.54, 1.807) is 29.6 Å². The number of nitrogens with zero attached hydrogens (tertiary/aromatic N) is 2. The van der Waals surface area contributed by atoms with E-state index in [9.17, 15) is 4.79 Å². The molecule has 2 heterocycles. The minimum absolute atomic E-state index is 0.150. The molecule has 0 saturated carbocycles.